The van der Waals surface area contributed by atoms with E-state index in [2.05, 4.69) is 83.6 Å². The van der Waals surface area contributed by atoms with E-state index in [0.29, 0.717) is 0 Å². The molecule has 1 aliphatic carbocycles. The molecule has 0 amide bonds. The van der Waals surface area contributed by atoms with Crippen molar-refractivity contribution in [3.63, 3.8) is 0 Å². The minimum Gasteiger partial charge on any atom is -0.0933 e. The second-order valence-electron chi connectivity index (χ2n) is 4.14. The van der Waals surface area contributed by atoms with Crippen LogP contribution >= 0.6 is 65.9 Å². The first-order valence-corrected chi connectivity index (χ1v) is 10.6. The third kappa shape index (κ3) is 2.00. The van der Waals surface area contributed by atoms with Gasteiger partial charge in [-0.15, -0.1) is 0 Å². The Hall–Kier alpha value is 0.760. The van der Waals surface area contributed by atoms with Gasteiger partial charge in [-0.2, -0.15) is 0 Å². The lowest BCUT2D eigenvalue weighted by Crippen LogP contribution is -2.17. The zero-order chi connectivity index (χ0) is 11.9. The number of rotatable bonds is 2. The van der Waals surface area contributed by atoms with E-state index in [0.717, 1.165) is 0 Å². The molecule has 0 spiro atoms. The molecule has 1 aromatic carbocycles. The van der Waals surface area contributed by atoms with Crippen molar-refractivity contribution in [3.8, 4) is 0 Å². The molecule has 1 aliphatic heterocycles. The molecule has 1 atom stereocenters. The van der Waals surface area contributed by atoms with Gasteiger partial charge < -0.3 is 0 Å². The van der Waals surface area contributed by atoms with Crippen LogP contribution in [-0.4, -0.2) is 8.44 Å². The lowest BCUT2D eigenvalue weighted by atomic mass is 9.95. The molecule has 1 heterocycles. The summed E-state index contributed by atoms with van der Waals surface area (Å²) in [5.74, 6) is 0. The normalized spacial score (nSPS) is 25.5. The quantitative estimate of drug-likeness (QED) is 0.345. The average molecular weight is 560 g/mol. The smallest absolute Gasteiger partial charge is 0.0742 e. The predicted molar refractivity (Wildman–Crippen MR) is 102 cm³/mol. The molecule has 1 aromatic rings. The maximum atomic E-state index is 2.68. The molecule has 0 N–H and O–H groups in total. The molecule has 3 heteroatoms. The molecule has 0 fully saturated rings. The van der Waals surface area contributed by atoms with Crippen LogP contribution in [0.2, 0.25) is 0 Å². The molecule has 0 bridgehead atoms. The summed E-state index contributed by atoms with van der Waals surface area (Å²) in [6.45, 7) is 0. The number of benzene rings is 1. The molecule has 0 saturated carbocycles. The van der Waals surface area contributed by atoms with E-state index in [-0.39, 0.29) is 24.2 Å². The maximum Gasteiger partial charge on any atom is 0.0742 e. The SMILES string of the molecule is ICCC1(I)C2=CI=CC=C2c2ccccc21. The summed E-state index contributed by atoms with van der Waals surface area (Å²) >= 11 is 5.32. The van der Waals surface area contributed by atoms with Gasteiger partial charge in [0.25, 0.3) is 0 Å². The van der Waals surface area contributed by atoms with Gasteiger partial charge >= 0.3 is 0 Å². The highest BCUT2D eigenvalue weighted by Crippen LogP contribution is 2.57. The van der Waals surface area contributed by atoms with Crippen LogP contribution in [0, 0.1) is 0 Å². The van der Waals surface area contributed by atoms with E-state index in [1.165, 1.54) is 27.5 Å². The molecule has 88 valence electrons. The van der Waals surface area contributed by atoms with E-state index in [4.69, 9.17) is 0 Å². The zero-order valence-corrected chi connectivity index (χ0v) is 15.6. The number of hydrogen-bond acceptors (Lipinski definition) is 0. The molecule has 17 heavy (non-hydrogen) atoms. The first-order valence-electron chi connectivity index (χ1n) is 5.48. The van der Waals surface area contributed by atoms with Crippen molar-refractivity contribution in [2.75, 3.05) is 4.43 Å². The molecule has 2 aliphatic rings. The van der Waals surface area contributed by atoms with Gasteiger partial charge in [-0.1, -0.05) is 90.2 Å². The molecule has 0 saturated heterocycles. The summed E-state index contributed by atoms with van der Waals surface area (Å²) in [5, 5.41) is 0. The molecular weight excluding hydrogens is 549 g/mol. The standard InChI is InChI=1S/C14H11I3/c15-7-6-14(16)12-4-2-1-3-10(12)11-5-8-17-9-13(11)14/h1-5,8-9H,6-7H2. The average Bonchev–Trinajstić information content (AvgIpc) is 2.62. The van der Waals surface area contributed by atoms with Crippen LogP contribution in [0.1, 0.15) is 17.5 Å². The Morgan fingerprint density at radius 2 is 2.06 bits per heavy atom. The highest BCUT2D eigenvalue weighted by atomic mass is 127. The van der Waals surface area contributed by atoms with E-state index < -0.39 is 0 Å². The predicted octanol–water partition coefficient (Wildman–Crippen LogP) is 5.21. The van der Waals surface area contributed by atoms with Gasteiger partial charge in [0.05, 0.1) is 3.42 Å². The Morgan fingerprint density at radius 1 is 1.24 bits per heavy atom. The summed E-state index contributed by atoms with van der Waals surface area (Å²) in [6.07, 6.45) is 3.59. The Kier molecular flexibility index (Phi) is 3.78. The van der Waals surface area contributed by atoms with Crippen molar-refractivity contribution in [1.29, 1.82) is 0 Å². The Labute approximate surface area is 139 Å². The van der Waals surface area contributed by atoms with Gasteiger partial charge in [0.2, 0.25) is 0 Å². The van der Waals surface area contributed by atoms with E-state index in [1.54, 1.807) is 5.57 Å². The third-order valence-electron chi connectivity index (χ3n) is 3.27. The summed E-state index contributed by atoms with van der Waals surface area (Å²) in [5.41, 5.74) is 6.05. The topological polar surface area (TPSA) is 0 Å². The van der Waals surface area contributed by atoms with E-state index in [1.807, 2.05) is 0 Å². The minimum atomic E-state index is 0.135. The van der Waals surface area contributed by atoms with Gasteiger partial charge in [0, 0.05) is 4.43 Å². The largest absolute Gasteiger partial charge is 0.0933 e. The minimum absolute atomic E-state index is 0.135. The second kappa shape index (κ2) is 5.03. The molecule has 3 rings (SSSR count). The fraction of sp³-hybridized carbons (Fsp3) is 0.214. The van der Waals surface area contributed by atoms with Gasteiger partial charge in [0.1, 0.15) is 0 Å². The van der Waals surface area contributed by atoms with E-state index in [9.17, 15) is 0 Å². The molecule has 1 unspecified atom stereocenters. The van der Waals surface area contributed by atoms with Crippen molar-refractivity contribution in [2.45, 2.75) is 9.84 Å². The highest BCUT2D eigenvalue weighted by molar-refractivity contribution is 14.2. The van der Waals surface area contributed by atoms with Crippen LogP contribution in [0.15, 0.2) is 40.0 Å². The van der Waals surface area contributed by atoms with Crippen molar-refractivity contribution in [1.82, 2.24) is 0 Å². The van der Waals surface area contributed by atoms with Crippen molar-refractivity contribution in [2.24, 2.45) is 0 Å². The number of hydrogen-bond donors (Lipinski definition) is 0. The van der Waals surface area contributed by atoms with Gasteiger partial charge in [-0.05, 0) is 42.9 Å². The number of fused-ring (bicyclic) bond motifs is 3. The van der Waals surface area contributed by atoms with Crippen LogP contribution < -0.4 is 0 Å². The maximum absolute atomic E-state index is 2.68. The van der Waals surface area contributed by atoms with Crippen LogP contribution in [0.4, 0.5) is 0 Å². The summed E-state index contributed by atoms with van der Waals surface area (Å²) in [4.78, 5) is 0. The summed E-state index contributed by atoms with van der Waals surface area (Å²) < 4.78 is 6.34. The van der Waals surface area contributed by atoms with Gasteiger partial charge in [-0.25, -0.2) is 0 Å². The van der Waals surface area contributed by atoms with Crippen LogP contribution in [-0.2, 0) is 3.42 Å². The van der Waals surface area contributed by atoms with Gasteiger partial charge in [0.15, 0.2) is 0 Å². The fourth-order valence-electron chi connectivity index (χ4n) is 2.49. The first-order chi connectivity index (χ1) is 8.27. The Bertz CT molecular complexity index is 554. The lowest BCUT2D eigenvalue weighted by molar-refractivity contribution is 0.783. The Balaban J connectivity index is 2.27. The third-order valence-corrected chi connectivity index (χ3v) is 7.27. The van der Waals surface area contributed by atoms with Crippen LogP contribution in [0.5, 0.6) is 0 Å². The fourth-order valence-corrected chi connectivity index (χ4v) is 8.11. The van der Waals surface area contributed by atoms with Crippen molar-refractivity contribution < 1.29 is 0 Å². The summed E-state index contributed by atoms with van der Waals surface area (Å²) in [6, 6.07) is 8.93. The highest BCUT2D eigenvalue weighted by Gasteiger charge is 2.42. The zero-order valence-electron chi connectivity index (χ0n) is 9.09. The molecule has 0 radical (unpaired) electrons. The van der Waals surface area contributed by atoms with Crippen LogP contribution in [0.3, 0.4) is 0 Å². The van der Waals surface area contributed by atoms with Crippen molar-refractivity contribution in [3.05, 3.63) is 51.1 Å². The number of allylic oxidation sites excluding steroid dienone is 3. The number of alkyl halides is 2. The van der Waals surface area contributed by atoms with E-state index >= 15 is 0 Å². The molecule has 0 nitrogen and oxygen atoms in total. The molecular formula is C14H11I3. The number of halogens is 3. The van der Waals surface area contributed by atoms with Crippen molar-refractivity contribution >= 4 is 75.5 Å². The monoisotopic (exact) mass is 560 g/mol. The molecule has 0 aromatic heterocycles. The second-order valence-corrected chi connectivity index (χ2v) is 9.12. The first kappa shape index (κ1) is 12.8. The summed E-state index contributed by atoms with van der Waals surface area (Å²) in [7, 11) is 0. The van der Waals surface area contributed by atoms with Crippen LogP contribution in [0.25, 0.3) is 5.57 Å². The Morgan fingerprint density at radius 3 is 2.88 bits per heavy atom. The van der Waals surface area contributed by atoms with Gasteiger partial charge in [-0.3, -0.25) is 0 Å². The lowest BCUT2D eigenvalue weighted by Gasteiger charge is -2.25.